The molecule has 1 aliphatic heterocycles. The van der Waals surface area contributed by atoms with Crippen LogP contribution in [0.5, 0.6) is 0 Å². The average Bonchev–Trinajstić information content (AvgIpc) is 3.12. The highest BCUT2D eigenvalue weighted by atomic mass is 32.2. The zero-order chi connectivity index (χ0) is 20.4. The van der Waals surface area contributed by atoms with Crippen LogP contribution in [0, 0.1) is 11.3 Å². The van der Waals surface area contributed by atoms with E-state index in [0.717, 1.165) is 16.9 Å². The molecule has 1 N–H and O–H groups in total. The highest BCUT2D eigenvalue weighted by Crippen LogP contribution is 2.30. The molecular weight excluding hydrogens is 388 g/mol. The molecule has 148 valence electrons. The predicted octanol–water partition coefficient (Wildman–Crippen LogP) is 1.60. The van der Waals surface area contributed by atoms with E-state index in [1.165, 1.54) is 12.3 Å². The second-order valence-electron chi connectivity index (χ2n) is 7.02. The van der Waals surface area contributed by atoms with E-state index in [9.17, 15) is 13.7 Å². The molecule has 29 heavy (non-hydrogen) atoms. The minimum absolute atomic E-state index is 0.00485. The van der Waals surface area contributed by atoms with E-state index in [4.69, 9.17) is 0 Å². The Morgan fingerprint density at radius 1 is 1.31 bits per heavy atom. The van der Waals surface area contributed by atoms with E-state index in [2.05, 4.69) is 25.7 Å². The van der Waals surface area contributed by atoms with Crippen molar-refractivity contribution in [3.8, 4) is 6.07 Å². The molecule has 0 aliphatic carbocycles. The molecule has 0 amide bonds. The summed E-state index contributed by atoms with van der Waals surface area (Å²) in [7, 11) is -1.82. The Balaban J connectivity index is 1.65. The van der Waals surface area contributed by atoms with Gasteiger partial charge < -0.3 is 9.47 Å². The Morgan fingerprint density at radius 2 is 2.17 bits per heavy atom. The molecule has 0 saturated heterocycles. The first-order valence-corrected chi connectivity index (χ1v) is 10.6. The maximum absolute atomic E-state index is 12.8. The number of benzene rings is 1. The average molecular weight is 408 g/mol. The fourth-order valence-corrected chi connectivity index (χ4v) is 4.74. The van der Waals surface area contributed by atoms with Gasteiger partial charge in [0.1, 0.15) is 0 Å². The second kappa shape index (κ2) is 7.66. The Labute approximate surface area is 169 Å². The standard InChI is InChI=1S/C20H20N6O2S/c1-25-14-22-11-18(25)13-26-12-17(9-16-8-15(10-21)5-6-19(16)26)24-29(27,28)20-4-2-3-7-23-20/h2-8,11,14,17,24H,9,12-13H2,1H3. The monoisotopic (exact) mass is 408 g/mol. The smallest absolute Gasteiger partial charge is 0.258 e. The molecule has 0 fully saturated rings. The van der Waals surface area contributed by atoms with Gasteiger partial charge in [0.15, 0.2) is 5.03 Å². The number of sulfonamides is 1. The van der Waals surface area contributed by atoms with E-state index in [1.54, 1.807) is 30.7 Å². The van der Waals surface area contributed by atoms with Crippen molar-refractivity contribution in [1.82, 2.24) is 19.3 Å². The summed E-state index contributed by atoms with van der Waals surface area (Å²) in [6, 6.07) is 12.1. The van der Waals surface area contributed by atoms with Gasteiger partial charge in [-0.25, -0.2) is 23.1 Å². The fraction of sp³-hybridized carbons (Fsp3) is 0.250. The Kier molecular flexibility index (Phi) is 5.05. The van der Waals surface area contributed by atoms with Crippen LogP contribution < -0.4 is 9.62 Å². The summed E-state index contributed by atoms with van der Waals surface area (Å²) in [4.78, 5) is 10.2. The lowest BCUT2D eigenvalue weighted by atomic mass is 9.96. The fourth-order valence-electron chi connectivity index (χ4n) is 3.57. The van der Waals surface area contributed by atoms with Crippen molar-refractivity contribution < 1.29 is 8.42 Å². The number of nitrogens with one attached hydrogen (secondary N) is 1. The first-order valence-electron chi connectivity index (χ1n) is 9.13. The molecule has 2 aromatic heterocycles. The van der Waals surface area contributed by atoms with E-state index in [0.29, 0.717) is 25.1 Å². The zero-order valence-corrected chi connectivity index (χ0v) is 16.7. The molecule has 0 saturated carbocycles. The molecule has 1 aromatic carbocycles. The molecule has 8 nitrogen and oxygen atoms in total. The van der Waals surface area contributed by atoms with Gasteiger partial charge in [-0.3, -0.25) is 0 Å². The molecular formula is C20H20N6O2S. The van der Waals surface area contributed by atoms with Crippen LogP contribution in [0.25, 0.3) is 0 Å². The molecule has 3 aromatic rings. The molecule has 9 heteroatoms. The lowest BCUT2D eigenvalue weighted by molar-refractivity contribution is 0.520. The third-order valence-corrected chi connectivity index (χ3v) is 6.40. The van der Waals surface area contributed by atoms with E-state index >= 15 is 0 Å². The lowest BCUT2D eigenvalue weighted by Gasteiger charge is -2.36. The number of pyridine rings is 1. The quantitative estimate of drug-likeness (QED) is 0.688. The van der Waals surface area contributed by atoms with Gasteiger partial charge in [-0.2, -0.15) is 5.26 Å². The summed E-state index contributed by atoms with van der Waals surface area (Å²) in [5.41, 5.74) is 3.50. The van der Waals surface area contributed by atoms with Crippen LogP contribution in [-0.4, -0.2) is 35.5 Å². The van der Waals surface area contributed by atoms with Gasteiger partial charge >= 0.3 is 0 Å². The number of fused-ring (bicyclic) bond motifs is 1. The first-order chi connectivity index (χ1) is 14.0. The van der Waals surface area contributed by atoms with Crippen molar-refractivity contribution in [1.29, 1.82) is 5.26 Å². The topological polar surface area (TPSA) is 104 Å². The minimum Gasteiger partial charge on any atom is -0.364 e. The van der Waals surface area contributed by atoms with Crippen LogP contribution in [0.2, 0.25) is 0 Å². The SMILES string of the molecule is Cn1cncc1CN1CC(NS(=O)(=O)c2ccccn2)Cc2cc(C#N)ccc21. The maximum atomic E-state index is 12.8. The summed E-state index contributed by atoms with van der Waals surface area (Å²) in [5, 5.41) is 9.25. The normalized spacial score (nSPS) is 16.3. The van der Waals surface area contributed by atoms with Crippen molar-refractivity contribution in [2.24, 2.45) is 7.05 Å². The van der Waals surface area contributed by atoms with Gasteiger partial charge in [-0.1, -0.05) is 6.07 Å². The van der Waals surface area contributed by atoms with Crippen LogP contribution in [0.1, 0.15) is 16.8 Å². The summed E-state index contributed by atoms with van der Waals surface area (Å²) in [6.45, 7) is 1.08. The molecule has 0 spiro atoms. The van der Waals surface area contributed by atoms with E-state index in [1.807, 2.05) is 23.7 Å². The number of hydrogen-bond donors (Lipinski definition) is 1. The minimum atomic E-state index is -3.74. The molecule has 1 unspecified atom stereocenters. The van der Waals surface area contributed by atoms with Gasteiger partial charge in [-0.15, -0.1) is 0 Å². The van der Waals surface area contributed by atoms with Gasteiger partial charge in [0.05, 0.1) is 30.2 Å². The summed E-state index contributed by atoms with van der Waals surface area (Å²) in [6.07, 6.45) is 5.49. The Hall–Kier alpha value is -3.22. The van der Waals surface area contributed by atoms with E-state index < -0.39 is 10.0 Å². The van der Waals surface area contributed by atoms with Crippen LogP contribution in [0.3, 0.4) is 0 Å². The van der Waals surface area contributed by atoms with Crippen LogP contribution in [0.4, 0.5) is 5.69 Å². The van der Waals surface area contributed by atoms with Crippen molar-refractivity contribution in [2.75, 3.05) is 11.4 Å². The highest BCUT2D eigenvalue weighted by Gasteiger charge is 2.29. The van der Waals surface area contributed by atoms with Gasteiger partial charge in [-0.05, 0) is 42.3 Å². The van der Waals surface area contributed by atoms with Gasteiger partial charge in [0, 0.05) is 37.7 Å². The molecule has 1 aliphatic rings. The molecule has 3 heterocycles. The molecule has 4 rings (SSSR count). The number of nitriles is 1. The Morgan fingerprint density at radius 3 is 2.86 bits per heavy atom. The van der Waals surface area contributed by atoms with Crippen LogP contribution >= 0.6 is 0 Å². The predicted molar refractivity (Wildman–Crippen MR) is 107 cm³/mol. The first kappa shape index (κ1) is 19.1. The number of anilines is 1. The van der Waals surface area contributed by atoms with Gasteiger partial charge in [0.25, 0.3) is 10.0 Å². The molecule has 0 radical (unpaired) electrons. The number of nitrogens with zero attached hydrogens (tertiary/aromatic N) is 5. The largest absolute Gasteiger partial charge is 0.364 e. The summed E-state index contributed by atoms with van der Waals surface area (Å²) >= 11 is 0. The van der Waals surface area contributed by atoms with Crippen LogP contribution in [-0.2, 0) is 30.0 Å². The van der Waals surface area contributed by atoms with Crippen molar-refractivity contribution in [3.05, 3.63) is 71.9 Å². The number of aryl methyl sites for hydroxylation is 1. The summed E-state index contributed by atoms with van der Waals surface area (Å²) in [5.74, 6) is 0. The van der Waals surface area contributed by atoms with Crippen molar-refractivity contribution >= 4 is 15.7 Å². The maximum Gasteiger partial charge on any atom is 0.258 e. The Bertz CT molecular complexity index is 1170. The number of rotatable bonds is 5. The second-order valence-corrected chi connectivity index (χ2v) is 8.68. The van der Waals surface area contributed by atoms with Crippen molar-refractivity contribution in [2.45, 2.75) is 24.0 Å². The lowest BCUT2D eigenvalue weighted by Crippen LogP contribution is -2.48. The molecule has 0 bridgehead atoms. The molecule has 1 atom stereocenters. The van der Waals surface area contributed by atoms with Crippen LogP contribution in [0.15, 0.2) is 60.1 Å². The van der Waals surface area contributed by atoms with Crippen molar-refractivity contribution in [3.63, 3.8) is 0 Å². The summed E-state index contributed by atoms with van der Waals surface area (Å²) < 4.78 is 30.2. The number of hydrogen-bond acceptors (Lipinski definition) is 6. The number of imidazole rings is 1. The number of aromatic nitrogens is 3. The van der Waals surface area contributed by atoms with E-state index in [-0.39, 0.29) is 11.1 Å². The zero-order valence-electron chi connectivity index (χ0n) is 15.9. The third kappa shape index (κ3) is 3.99. The third-order valence-electron chi connectivity index (χ3n) is 4.96. The highest BCUT2D eigenvalue weighted by molar-refractivity contribution is 7.89. The van der Waals surface area contributed by atoms with Gasteiger partial charge in [0.2, 0.25) is 0 Å².